The van der Waals surface area contributed by atoms with Gasteiger partial charge in [0.2, 0.25) is 0 Å². The first kappa shape index (κ1) is 23.6. The fourth-order valence-electron chi connectivity index (χ4n) is 6.40. The molecule has 3 nitrogen and oxygen atoms in total. The lowest BCUT2D eigenvalue weighted by Crippen LogP contribution is -2.00. The molecule has 0 unspecified atom stereocenters. The van der Waals surface area contributed by atoms with Gasteiger partial charge in [0.25, 0.3) is 0 Å². The van der Waals surface area contributed by atoms with E-state index in [1.807, 2.05) is 72.8 Å². The molecule has 9 aromatic rings. The van der Waals surface area contributed by atoms with Gasteiger partial charge in [-0.3, -0.25) is 0 Å². The van der Waals surface area contributed by atoms with Crippen molar-refractivity contribution in [3.8, 4) is 67.5 Å². The van der Waals surface area contributed by atoms with Crippen LogP contribution >= 0.6 is 0 Å². The SMILES string of the molecule is [2H]c1c([2H])c([2H])c2c(-c3ccc(-c4nc(-c5ccccc5)nc(-c5ccc6c(-c7ccccc7)cccc6c5)n4)cc3)c([2H])c([2H])c(-c3ccccc3)c2c1[2H]. The second-order valence-electron chi connectivity index (χ2n) is 12.0. The van der Waals surface area contributed by atoms with E-state index in [-0.39, 0.29) is 46.5 Å². The summed E-state index contributed by atoms with van der Waals surface area (Å²) in [6.07, 6.45) is 0. The van der Waals surface area contributed by atoms with Crippen molar-refractivity contribution in [3.05, 3.63) is 188 Å². The Kier molecular flexibility index (Phi) is 6.00. The molecule has 8 aromatic carbocycles. The van der Waals surface area contributed by atoms with Crippen LogP contribution in [-0.4, -0.2) is 15.0 Å². The van der Waals surface area contributed by atoms with Crippen LogP contribution in [0.15, 0.2) is 188 Å². The Morgan fingerprint density at radius 3 is 1.34 bits per heavy atom. The number of hydrogen-bond donors (Lipinski definition) is 0. The quantitative estimate of drug-likeness (QED) is 0.181. The predicted octanol–water partition coefficient (Wildman–Crippen LogP) is 12.2. The smallest absolute Gasteiger partial charge is 0.164 e. The summed E-state index contributed by atoms with van der Waals surface area (Å²) < 4.78 is 53.2. The Bertz CT molecular complexity index is 2960. The first-order valence-corrected chi connectivity index (χ1v) is 16.4. The van der Waals surface area contributed by atoms with Crippen LogP contribution in [0, 0.1) is 0 Å². The molecular formula is C47H31N3. The van der Waals surface area contributed by atoms with Gasteiger partial charge in [0.1, 0.15) is 0 Å². The highest BCUT2D eigenvalue weighted by Crippen LogP contribution is 2.37. The third kappa shape index (κ3) is 5.51. The van der Waals surface area contributed by atoms with Gasteiger partial charge >= 0.3 is 0 Å². The maximum Gasteiger partial charge on any atom is 0.164 e. The molecule has 0 radical (unpaired) electrons. The van der Waals surface area contributed by atoms with E-state index in [0.717, 1.165) is 33.0 Å². The minimum Gasteiger partial charge on any atom is -0.208 e. The summed E-state index contributed by atoms with van der Waals surface area (Å²) in [5, 5.41) is 2.58. The summed E-state index contributed by atoms with van der Waals surface area (Å²) in [5.41, 5.74) is 6.33. The highest BCUT2D eigenvalue weighted by atomic mass is 15.0. The van der Waals surface area contributed by atoms with E-state index in [1.165, 1.54) is 0 Å². The Morgan fingerprint density at radius 1 is 0.320 bits per heavy atom. The summed E-state index contributed by atoms with van der Waals surface area (Å²) in [4.78, 5) is 14.8. The van der Waals surface area contributed by atoms with Gasteiger partial charge in [0.15, 0.2) is 17.5 Å². The molecule has 0 N–H and O–H groups in total. The third-order valence-electron chi connectivity index (χ3n) is 8.89. The van der Waals surface area contributed by atoms with Gasteiger partial charge < -0.3 is 0 Å². The highest BCUT2D eigenvalue weighted by molar-refractivity contribution is 6.05. The molecule has 0 saturated carbocycles. The van der Waals surface area contributed by atoms with Gasteiger partial charge in [-0.2, -0.15) is 0 Å². The molecule has 0 amide bonds. The van der Waals surface area contributed by atoms with Crippen molar-refractivity contribution in [3.63, 3.8) is 0 Å². The summed E-state index contributed by atoms with van der Waals surface area (Å²) >= 11 is 0. The summed E-state index contributed by atoms with van der Waals surface area (Å²) in [7, 11) is 0. The molecule has 0 aliphatic rings. The Labute approximate surface area is 299 Å². The molecule has 0 atom stereocenters. The van der Waals surface area contributed by atoms with Crippen molar-refractivity contribution in [2.24, 2.45) is 0 Å². The van der Waals surface area contributed by atoms with E-state index in [9.17, 15) is 1.37 Å². The molecule has 234 valence electrons. The van der Waals surface area contributed by atoms with Crippen molar-refractivity contribution in [1.82, 2.24) is 15.0 Å². The monoisotopic (exact) mass is 643 g/mol. The van der Waals surface area contributed by atoms with Crippen LogP contribution in [0.5, 0.6) is 0 Å². The van der Waals surface area contributed by atoms with Crippen LogP contribution in [0.4, 0.5) is 0 Å². The summed E-state index contributed by atoms with van der Waals surface area (Å²) in [6, 6.07) is 47.3. The second kappa shape index (κ2) is 12.7. The molecule has 50 heavy (non-hydrogen) atoms. The molecular weight excluding hydrogens is 607 g/mol. The van der Waals surface area contributed by atoms with Crippen molar-refractivity contribution in [2.45, 2.75) is 0 Å². The minimum absolute atomic E-state index is 0.117. The molecule has 0 saturated heterocycles. The van der Waals surface area contributed by atoms with E-state index < -0.39 is 6.04 Å². The zero-order chi connectivity index (χ0) is 38.5. The van der Waals surface area contributed by atoms with Gasteiger partial charge in [-0.05, 0) is 61.0 Å². The minimum atomic E-state index is -0.396. The molecule has 9 rings (SSSR count). The molecule has 0 bridgehead atoms. The van der Waals surface area contributed by atoms with Gasteiger partial charge in [-0.25, -0.2) is 15.0 Å². The van der Waals surface area contributed by atoms with Gasteiger partial charge in [0, 0.05) is 16.7 Å². The normalized spacial score (nSPS) is 12.9. The van der Waals surface area contributed by atoms with Crippen LogP contribution < -0.4 is 0 Å². The zero-order valence-electron chi connectivity index (χ0n) is 32.8. The third-order valence-corrected chi connectivity index (χ3v) is 8.89. The molecule has 1 heterocycles. The van der Waals surface area contributed by atoms with E-state index in [1.54, 1.807) is 36.4 Å². The summed E-state index contributed by atoms with van der Waals surface area (Å²) in [6.45, 7) is 0. The number of benzene rings is 8. The van der Waals surface area contributed by atoms with E-state index in [0.29, 0.717) is 39.7 Å². The molecule has 3 heteroatoms. The fourth-order valence-corrected chi connectivity index (χ4v) is 6.40. The van der Waals surface area contributed by atoms with Gasteiger partial charge in [-0.15, -0.1) is 0 Å². The van der Waals surface area contributed by atoms with Crippen LogP contribution in [0.2, 0.25) is 0 Å². The standard InChI is InChI=1S/C47H31N3/c1-4-13-32(14-5-1)39-22-12-19-37-31-38(27-28-42(37)39)47-49-45(35-17-8-3-9-18-35)48-46(50-47)36-25-23-34(24-26-36)41-30-29-40(33-15-6-2-7-16-33)43-20-10-11-21-44(41)43/h1-31H/i10D,11D,20D,21D,29D,30D. The molecule has 0 fully saturated rings. The Morgan fingerprint density at radius 2 is 0.760 bits per heavy atom. The van der Waals surface area contributed by atoms with Crippen LogP contribution in [0.25, 0.3) is 89.1 Å². The average molecular weight is 644 g/mol. The maximum absolute atomic E-state index is 9.21. The number of fused-ring (bicyclic) bond motifs is 2. The lowest BCUT2D eigenvalue weighted by molar-refractivity contribution is 1.07. The largest absolute Gasteiger partial charge is 0.208 e. The first-order chi connectivity index (χ1) is 27.3. The lowest BCUT2D eigenvalue weighted by atomic mass is 9.92. The molecule has 0 aliphatic carbocycles. The molecule has 1 aromatic heterocycles. The second-order valence-corrected chi connectivity index (χ2v) is 12.0. The van der Waals surface area contributed by atoms with Crippen LogP contribution in [0.1, 0.15) is 8.22 Å². The van der Waals surface area contributed by atoms with E-state index >= 15 is 0 Å². The van der Waals surface area contributed by atoms with Gasteiger partial charge in [-0.1, -0.05) is 182 Å². The van der Waals surface area contributed by atoms with Crippen molar-refractivity contribution in [1.29, 1.82) is 0 Å². The molecule has 0 spiro atoms. The zero-order valence-corrected chi connectivity index (χ0v) is 26.8. The molecule has 0 aliphatic heterocycles. The highest BCUT2D eigenvalue weighted by Gasteiger charge is 2.15. The summed E-state index contributed by atoms with van der Waals surface area (Å²) in [5.74, 6) is 1.46. The van der Waals surface area contributed by atoms with Crippen LogP contribution in [-0.2, 0) is 0 Å². The van der Waals surface area contributed by atoms with E-state index in [4.69, 9.17) is 21.8 Å². The Balaban J connectivity index is 1.19. The Hall–Kier alpha value is -6.71. The van der Waals surface area contributed by atoms with Gasteiger partial charge in [0.05, 0.1) is 8.22 Å². The average Bonchev–Trinajstić information content (AvgIpc) is 3.26. The number of rotatable bonds is 6. The van der Waals surface area contributed by atoms with E-state index in [2.05, 4.69) is 42.5 Å². The van der Waals surface area contributed by atoms with Crippen molar-refractivity contribution in [2.75, 3.05) is 0 Å². The van der Waals surface area contributed by atoms with Crippen molar-refractivity contribution >= 4 is 21.5 Å². The lowest BCUT2D eigenvalue weighted by Gasteiger charge is -2.13. The number of aromatic nitrogens is 3. The fraction of sp³-hybridized carbons (Fsp3) is 0. The maximum atomic E-state index is 9.21. The first-order valence-electron chi connectivity index (χ1n) is 19.4. The number of hydrogen-bond acceptors (Lipinski definition) is 3. The topological polar surface area (TPSA) is 38.7 Å². The van der Waals surface area contributed by atoms with Crippen molar-refractivity contribution < 1.29 is 8.22 Å². The number of nitrogens with zero attached hydrogens (tertiary/aromatic N) is 3. The van der Waals surface area contributed by atoms with Crippen LogP contribution in [0.3, 0.4) is 0 Å². The predicted molar refractivity (Wildman–Crippen MR) is 207 cm³/mol.